The SMILES string of the molecule is CC(C)Nc1cc(N2C[C@H](C)C[C@@H](C)C2)c2noc3c2c1C(=O)c1ccccc1-3. The molecule has 0 amide bonds. The number of hydrogen-bond donors (Lipinski definition) is 1. The smallest absolute Gasteiger partial charge is 0.196 e. The number of aromatic nitrogens is 1. The third-order valence-electron chi connectivity index (χ3n) is 6.03. The lowest BCUT2D eigenvalue weighted by Gasteiger charge is -2.37. The van der Waals surface area contributed by atoms with Gasteiger partial charge in [0.05, 0.1) is 16.6 Å². The lowest BCUT2D eigenvalue weighted by atomic mass is 9.85. The van der Waals surface area contributed by atoms with Gasteiger partial charge in [0, 0.05) is 35.9 Å². The minimum absolute atomic E-state index is 0.0383. The molecule has 0 spiro atoms. The summed E-state index contributed by atoms with van der Waals surface area (Å²) in [6.07, 6.45) is 1.24. The molecule has 5 heteroatoms. The van der Waals surface area contributed by atoms with Gasteiger partial charge in [-0.25, -0.2) is 0 Å². The molecule has 1 aliphatic carbocycles. The number of carbonyl (C=O) groups is 1. The first-order valence-corrected chi connectivity index (χ1v) is 10.6. The maximum atomic E-state index is 13.5. The van der Waals surface area contributed by atoms with Crippen molar-refractivity contribution in [3.8, 4) is 11.3 Å². The second-order valence-corrected chi connectivity index (χ2v) is 9.08. The highest BCUT2D eigenvalue weighted by Crippen LogP contribution is 2.46. The summed E-state index contributed by atoms with van der Waals surface area (Å²) in [6, 6.07) is 9.98. The number of benzene rings is 2. The summed E-state index contributed by atoms with van der Waals surface area (Å²) in [4.78, 5) is 15.9. The van der Waals surface area contributed by atoms with Crippen molar-refractivity contribution >= 4 is 28.1 Å². The van der Waals surface area contributed by atoms with Gasteiger partial charge in [-0.05, 0) is 38.2 Å². The molecule has 5 rings (SSSR count). The van der Waals surface area contributed by atoms with Gasteiger partial charge in [-0.2, -0.15) is 0 Å². The number of fused-ring (bicyclic) bond motifs is 2. The zero-order valence-electron chi connectivity index (χ0n) is 17.5. The molecule has 150 valence electrons. The van der Waals surface area contributed by atoms with Crippen molar-refractivity contribution in [2.24, 2.45) is 11.8 Å². The monoisotopic (exact) mass is 389 g/mol. The standard InChI is InChI=1S/C24H27N3O2/c1-13(2)25-18-10-19(27-11-14(3)9-15(4)12-27)22-21-20(18)23(28)16-7-5-6-8-17(16)24(21)29-26-22/h5-8,10,13-15,25H,9,11-12H2,1-4H3/t14-,15-/m1/s1. The fourth-order valence-electron chi connectivity index (χ4n) is 5.07. The minimum Gasteiger partial charge on any atom is -0.382 e. The van der Waals surface area contributed by atoms with Gasteiger partial charge in [0.1, 0.15) is 5.52 Å². The van der Waals surface area contributed by atoms with E-state index in [1.807, 2.05) is 24.3 Å². The van der Waals surface area contributed by atoms with E-state index in [2.05, 4.69) is 49.1 Å². The molecule has 0 radical (unpaired) electrons. The number of nitrogens with one attached hydrogen (secondary N) is 1. The summed E-state index contributed by atoms with van der Waals surface area (Å²) < 4.78 is 5.86. The summed E-state index contributed by atoms with van der Waals surface area (Å²) in [6.45, 7) is 10.8. The fraction of sp³-hybridized carbons (Fsp3) is 0.417. The van der Waals surface area contributed by atoms with E-state index < -0.39 is 0 Å². The molecule has 1 aromatic heterocycles. The van der Waals surface area contributed by atoms with Gasteiger partial charge in [-0.1, -0.05) is 43.3 Å². The molecule has 2 aliphatic rings. The second kappa shape index (κ2) is 6.61. The Bertz CT molecular complexity index is 1100. The summed E-state index contributed by atoms with van der Waals surface area (Å²) in [5.41, 5.74) is 4.93. The van der Waals surface area contributed by atoms with Gasteiger partial charge in [0.2, 0.25) is 0 Å². The minimum atomic E-state index is 0.0383. The molecule has 0 saturated carbocycles. The number of hydrogen-bond acceptors (Lipinski definition) is 5. The van der Waals surface area contributed by atoms with Gasteiger partial charge in [0.15, 0.2) is 11.5 Å². The van der Waals surface area contributed by atoms with Crippen LogP contribution in [0.4, 0.5) is 11.4 Å². The number of carbonyl (C=O) groups excluding carboxylic acids is 1. The maximum absolute atomic E-state index is 13.5. The Balaban J connectivity index is 1.78. The van der Waals surface area contributed by atoms with Crippen molar-refractivity contribution in [3.05, 3.63) is 41.5 Å². The van der Waals surface area contributed by atoms with Crippen LogP contribution in [0.1, 0.15) is 50.0 Å². The molecular formula is C24H27N3O2. The first-order valence-electron chi connectivity index (χ1n) is 10.6. The van der Waals surface area contributed by atoms with Crippen LogP contribution in [0.5, 0.6) is 0 Å². The van der Waals surface area contributed by atoms with Crippen molar-refractivity contribution in [3.63, 3.8) is 0 Å². The van der Waals surface area contributed by atoms with E-state index in [4.69, 9.17) is 4.52 Å². The number of anilines is 2. The van der Waals surface area contributed by atoms with Crippen LogP contribution >= 0.6 is 0 Å². The summed E-state index contributed by atoms with van der Waals surface area (Å²) in [7, 11) is 0. The number of rotatable bonds is 3. The highest BCUT2D eigenvalue weighted by atomic mass is 16.5. The molecule has 29 heavy (non-hydrogen) atoms. The van der Waals surface area contributed by atoms with Crippen LogP contribution < -0.4 is 10.2 Å². The molecule has 2 heterocycles. The Morgan fingerprint density at radius 2 is 1.83 bits per heavy atom. The van der Waals surface area contributed by atoms with E-state index in [0.29, 0.717) is 28.7 Å². The second-order valence-electron chi connectivity index (χ2n) is 9.08. The predicted molar refractivity (Wildman–Crippen MR) is 117 cm³/mol. The molecule has 3 aromatic rings. The summed E-state index contributed by atoms with van der Waals surface area (Å²) in [5, 5.41) is 8.83. The van der Waals surface area contributed by atoms with E-state index in [1.165, 1.54) is 6.42 Å². The zero-order valence-corrected chi connectivity index (χ0v) is 17.5. The molecule has 1 aliphatic heterocycles. The molecule has 0 unspecified atom stereocenters. The first-order chi connectivity index (χ1) is 13.9. The van der Waals surface area contributed by atoms with Gasteiger partial charge in [-0.15, -0.1) is 0 Å². The zero-order chi connectivity index (χ0) is 20.3. The predicted octanol–water partition coefficient (Wildman–Crippen LogP) is 5.34. The molecule has 1 N–H and O–H groups in total. The lowest BCUT2D eigenvalue weighted by Crippen LogP contribution is -2.39. The molecular weight excluding hydrogens is 362 g/mol. The summed E-state index contributed by atoms with van der Waals surface area (Å²) in [5.74, 6) is 1.99. The van der Waals surface area contributed by atoms with E-state index in [9.17, 15) is 4.79 Å². The Morgan fingerprint density at radius 1 is 1.14 bits per heavy atom. The van der Waals surface area contributed by atoms with Crippen LogP contribution in [0.15, 0.2) is 34.9 Å². The Labute approximate surface area is 171 Å². The third-order valence-corrected chi connectivity index (χ3v) is 6.03. The first kappa shape index (κ1) is 18.2. The van der Waals surface area contributed by atoms with Crippen molar-refractivity contribution in [1.82, 2.24) is 5.16 Å². The highest BCUT2D eigenvalue weighted by Gasteiger charge is 2.34. The Kier molecular flexibility index (Phi) is 4.16. The van der Waals surface area contributed by atoms with E-state index in [1.54, 1.807) is 0 Å². The fourth-order valence-corrected chi connectivity index (χ4v) is 5.07. The van der Waals surface area contributed by atoms with Gasteiger partial charge in [-0.3, -0.25) is 4.79 Å². The quantitative estimate of drug-likeness (QED) is 0.512. The van der Waals surface area contributed by atoms with Gasteiger partial charge in [0.25, 0.3) is 0 Å². The van der Waals surface area contributed by atoms with Crippen molar-refractivity contribution < 1.29 is 9.32 Å². The van der Waals surface area contributed by atoms with Crippen LogP contribution in [0, 0.1) is 11.8 Å². The molecule has 2 atom stereocenters. The highest BCUT2D eigenvalue weighted by molar-refractivity contribution is 6.28. The van der Waals surface area contributed by atoms with Crippen LogP contribution in [0.25, 0.3) is 22.2 Å². The number of piperidine rings is 1. The van der Waals surface area contributed by atoms with Crippen molar-refractivity contribution in [2.45, 2.75) is 40.2 Å². The van der Waals surface area contributed by atoms with Crippen LogP contribution in [0.3, 0.4) is 0 Å². The number of nitrogens with zero attached hydrogens (tertiary/aromatic N) is 2. The normalized spacial score (nSPS) is 21.0. The van der Waals surface area contributed by atoms with Gasteiger partial charge >= 0.3 is 0 Å². The number of ketones is 1. The van der Waals surface area contributed by atoms with E-state index in [0.717, 1.165) is 40.9 Å². The summed E-state index contributed by atoms with van der Waals surface area (Å²) >= 11 is 0. The van der Waals surface area contributed by atoms with Crippen molar-refractivity contribution in [1.29, 1.82) is 0 Å². The van der Waals surface area contributed by atoms with E-state index >= 15 is 0 Å². The van der Waals surface area contributed by atoms with E-state index in [-0.39, 0.29) is 11.8 Å². The molecule has 1 fully saturated rings. The van der Waals surface area contributed by atoms with Crippen LogP contribution in [-0.4, -0.2) is 30.1 Å². The molecule has 0 bridgehead atoms. The average Bonchev–Trinajstić information content (AvgIpc) is 3.10. The molecule has 5 nitrogen and oxygen atoms in total. The van der Waals surface area contributed by atoms with Crippen molar-refractivity contribution in [2.75, 3.05) is 23.3 Å². The van der Waals surface area contributed by atoms with Crippen LogP contribution in [0.2, 0.25) is 0 Å². The Hall–Kier alpha value is -2.82. The van der Waals surface area contributed by atoms with Crippen LogP contribution in [-0.2, 0) is 0 Å². The third kappa shape index (κ3) is 2.83. The average molecular weight is 389 g/mol. The van der Waals surface area contributed by atoms with Gasteiger partial charge < -0.3 is 14.7 Å². The topological polar surface area (TPSA) is 58.4 Å². The Morgan fingerprint density at radius 3 is 2.52 bits per heavy atom. The molecule has 2 aromatic carbocycles. The maximum Gasteiger partial charge on any atom is 0.196 e. The lowest BCUT2D eigenvalue weighted by molar-refractivity contribution is 0.104. The molecule has 1 saturated heterocycles. The largest absolute Gasteiger partial charge is 0.382 e.